The van der Waals surface area contributed by atoms with E-state index < -0.39 is 5.97 Å². The number of carbonyl (C=O) groups excluding carboxylic acids is 1. The molecule has 1 aromatic heterocycles. The molecule has 1 aromatic rings. The second kappa shape index (κ2) is 11.0. The highest BCUT2D eigenvalue weighted by Crippen LogP contribution is 2.36. The van der Waals surface area contributed by atoms with Gasteiger partial charge in [-0.3, -0.25) is 23.9 Å². The lowest BCUT2D eigenvalue weighted by atomic mass is 10.0. The molecule has 1 amide bonds. The van der Waals surface area contributed by atoms with Crippen LogP contribution in [0, 0.1) is 18.3 Å². The van der Waals surface area contributed by atoms with Crippen molar-refractivity contribution in [2.24, 2.45) is 0 Å². The molecule has 33 heavy (non-hydrogen) atoms. The number of carboxylic acids is 1. The Morgan fingerprint density at radius 3 is 2.55 bits per heavy atom. The fourth-order valence-electron chi connectivity index (χ4n) is 4.15. The molecule has 1 N–H and O–H groups in total. The first-order valence-electron chi connectivity index (χ1n) is 11.2. The molecule has 0 unspecified atom stereocenters. The van der Waals surface area contributed by atoms with Crippen molar-refractivity contribution in [3.05, 3.63) is 31.9 Å². The van der Waals surface area contributed by atoms with Crippen molar-refractivity contribution in [3.63, 3.8) is 0 Å². The minimum absolute atomic E-state index is 0.00868. The third kappa shape index (κ3) is 5.31. The predicted molar refractivity (Wildman–Crippen MR) is 133 cm³/mol. The van der Waals surface area contributed by atoms with Gasteiger partial charge in [0, 0.05) is 31.7 Å². The van der Waals surface area contributed by atoms with Gasteiger partial charge in [0.1, 0.15) is 21.8 Å². The third-order valence-electron chi connectivity index (χ3n) is 5.94. The van der Waals surface area contributed by atoms with E-state index in [-0.39, 0.29) is 30.0 Å². The Bertz CT molecular complexity index is 1100. The lowest BCUT2D eigenvalue weighted by molar-refractivity contribution is -0.137. The van der Waals surface area contributed by atoms with E-state index >= 15 is 0 Å². The number of pyridine rings is 1. The summed E-state index contributed by atoms with van der Waals surface area (Å²) in [6, 6.07) is 2.06. The summed E-state index contributed by atoms with van der Waals surface area (Å²) in [6.07, 6.45) is 6.38. The van der Waals surface area contributed by atoms with Gasteiger partial charge in [0.2, 0.25) is 0 Å². The van der Waals surface area contributed by atoms with Crippen molar-refractivity contribution in [2.75, 3.05) is 24.5 Å². The van der Waals surface area contributed by atoms with Crippen molar-refractivity contribution >= 4 is 52.1 Å². The first-order chi connectivity index (χ1) is 15.8. The molecule has 10 heteroatoms. The largest absolute Gasteiger partial charge is 0.481 e. The number of thiocarbonyl (C=S) groups is 1. The summed E-state index contributed by atoms with van der Waals surface area (Å²) in [5.41, 5.74) is 1.02. The summed E-state index contributed by atoms with van der Waals surface area (Å²) in [5, 5.41) is 18.7. The minimum atomic E-state index is -1.00. The molecule has 176 valence electrons. The van der Waals surface area contributed by atoms with Gasteiger partial charge in [-0.15, -0.1) is 0 Å². The van der Waals surface area contributed by atoms with Crippen LogP contribution in [0.25, 0.3) is 6.08 Å². The van der Waals surface area contributed by atoms with E-state index in [4.69, 9.17) is 17.3 Å². The lowest BCUT2D eigenvalue weighted by Gasteiger charge is -2.33. The maximum atomic E-state index is 13.2. The first kappa shape index (κ1) is 25.0. The maximum Gasteiger partial charge on any atom is 0.305 e. The number of rotatable bonds is 8. The molecule has 3 rings (SSSR count). The van der Waals surface area contributed by atoms with Crippen molar-refractivity contribution in [2.45, 2.75) is 58.9 Å². The Hall–Kier alpha value is -2.64. The molecule has 2 saturated heterocycles. The summed E-state index contributed by atoms with van der Waals surface area (Å²) >= 11 is 6.44. The zero-order valence-corrected chi connectivity index (χ0v) is 20.6. The topological polar surface area (TPSA) is 107 Å². The number of carboxylic acid groups (broad SMARTS) is 1. The third-order valence-corrected chi connectivity index (χ3v) is 7.31. The molecule has 0 atom stereocenters. The highest BCUT2D eigenvalue weighted by molar-refractivity contribution is 8.26. The molecule has 0 radical (unpaired) electrons. The molecule has 2 aliphatic heterocycles. The van der Waals surface area contributed by atoms with Crippen LogP contribution in [0.5, 0.6) is 0 Å². The number of anilines is 1. The van der Waals surface area contributed by atoms with E-state index in [9.17, 15) is 19.6 Å². The van der Waals surface area contributed by atoms with Gasteiger partial charge >= 0.3 is 5.97 Å². The smallest absolute Gasteiger partial charge is 0.305 e. The Morgan fingerprint density at radius 2 is 1.94 bits per heavy atom. The second-order valence-corrected chi connectivity index (χ2v) is 9.86. The number of hydrogen-bond acceptors (Lipinski definition) is 7. The van der Waals surface area contributed by atoms with E-state index in [0.29, 0.717) is 26.9 Å². The van der Waals surface area contributed by atoms with Gasteiger partial charge in [0.25, 0.3) is 11.5 Å². The quantitative estimate of drug-likeness (QED) is 0.438. The number of nitrogens with zero attached hydrogens (tertiary/aromatic N) is 4. The molecule has 2 fully saturated rings. The van der Waals surface area contributed by atoms with E-state index in [1.54, 1.807) is 17.6 Å². The number of amides is 1. The summed E-state index contributed by atoms with van der Waals surface area (Å²) in [4.78, 5) is 41.1. The van der Waals surface area contributed by atoms with E-state index in [1.807, 2.05) is 6.92 Å². The normalized spacial score (nSPS) is 17.7. The van der Waals surface area contributed by atoms with Crippen LogP contribution >= 0.6 is 24.0 Å². The lowest BCUT2D eigenvalue weighted by Crippen LogP contribution is -2.37. The van der Waals surface area contributed by atoms with Gasteiger partial charge in [0.05, 0.1) is 11.3 Å². The molecule has 3 heterocycles. The zero-order chi connectivity index (χ0) is 24.1. The van der Waals surface area contributed by atoms with Gasteiger partial charge < -0.3 is 10.0 Å². The van der Waals surface area contributed by atoms with Crippen molar-refractivity contribution in [1.82, 2.24) is 9.47 Å². The molecule has 0 aromatic carbocycles. The first-order valence-corrected chi connectivity index (χ1v) is 12.4. The van der Waals surface area contributed by atoms with Crippen molar-refractivity contribution in [3.8, 4) is 6.07 Å². The summed E-state index contributed by atoms with van der Waals surface area (Å²) in [5.74, 6) is -0.599. The molecule has 2 aliphatic rings. The van der Waals surface area contributed by atoms with Crippen LogP contribution in [0.15, 0.2) is 9.70 Å². The van der Waals surface area contributed by atoms with E-state index in [0.717, 1.165) is 62.8 Å². The number of aliphatic carboxylic acids is 1. The van der Waals surface area contributed by atoms with Gasteiger partial charge in [-0.2, -0.15) is 5.26 Å². The predicted octanol–water partition coefficient (Wildman–Crippen LogP) is 3.49. The molecule has 0 bridgehead atoms. The monoisotopic (exact) mass is 488 g/mol. The summed E-state index contributed by atoms with van der Waals surface area (Å²) in [7, 11) is 0. The minimum Gasteiger partial charge on any atom is -0.481 e. The number of hydrogen-bond donors (Lipinski definition) is 1. The fourth-order valence-corrected chi connectivity index (χ4v) is 5.44. The number of carbonyl (C=O) groups is 2. The maximum absolute atomic E-state index is 13.2. The molecular formula is C23H28N4O4S2. The second-order valence-electron chi connectivity index (χ2n) is 8.18. The average molecular weight is 489 g/mol. The molecule has 0 spiro atoms. The van der Waals surface area contributed by atoms with Gasteiger partial charge in [0.15, 0.2) is 0 Å². The Kier molecular flexibility index (Phi) is 8.32. The van der Waals surface area contributed by atoms with Crippen LogP contribution in [-0.4, -0.2) is 50.4 Å². The van der Waals surface area contributed by atoms with Gasteiger partial charge in [-0.05, 0) is 44.2 Å². The van der Waals surface area contributed by atoms with Crippen molar-refractivity contribution < 1.29 is 14.7 Å². The van der Waals surface area contributed by atoms with Crippen LogP contribution in [0.4, 0.5) is 5.82 Å². The fraction of sp³-hybridized carbons (Fsp3) is 0.522. The van der Waals surface area contributed by atoms with Crippen LogP contribution in [-0.2, 0) is 16.1 Å². The molecule has 0 aliphatic carbocycles. The average Bonchev–Trinajstić information content (AvgIpc) is 3.06. The van der Waals surface area contributed by atoms with Crippen LogP contribution < -0.4 is 10.5 Å². The molecule has 8 nitrogen and oxygen atoms in total. The van der Waals surface area contributed by atoms with E-state index in [1.165, 1.54) is 4.90 Å². The molecule has 0 saturated carbocycles. The van der Waals surface area contributed by atoms with E-state index in [2.05, 4.69) is 11.0 Å². The molecular weight excluding hydrogens is 460 g/mol. The number of unbranched alkanes of at least 4 members (excludes halogenated alkanes) is 1. The Balaban J connectivity index is 2.16. The SMILES string of the molecule is CCCCn1c(N2CCCCC2)c(/C=C2/SC(=S)N(CCC(=O)O)C2=O)c(C)c(C#N)c1=O. The highest BCUT2D eigenvalue weighted by Gasteiger charge is 2.33. The van der Waals surface area contributed by atoms with Crippen molar-refractivity contribution in [1.29, 1.82) is 5.26 Å². The standard InChI is InChI=1S/C23H28N4O4S2/c1-3-4-11-26-20(25-9-6-5-7-10-25)16(15(2)17(14-24)21(26)30)13-18-22(31)27(23(32)33-18)12-8-19(28)29/h13H,3-12H2,1-2H3,(H,28,29)/b18-13+. The number of thioether (sulfide) groups is 1. The Labute approximate surface area is 202 Å². The van der Waals surface area contributed by atoms with Crippen LogP contribution in [0.1, 0.15) is 62.1 Å². The summed E-state index contributed by atoms with van der Waals surface area (Å²) in [6.45, 7) is 5.91. The van der Waals surface area contributed by atoms with Gasteiger partial charge in [-0.25, -0.2) is 0 Å². The van der Waals surface area contributed by atoms with Gasteiger partial charge in [-0.1, -0.05) is 37.3 Å². The van der Waals surface area contributed by atoms with Crippen LogP contribution in [0.3, 0.4) is 0 Å². The number of aromatic nitrogens is 1. The Morgan fingerprint density at radius 1 is 1.24 bits per heavy atom. The number of nitriles is 1. The zero-order valence-electron chi connectivity index (χ0n) is 18.9. The number of piperidine rings is 1. The van der Waals surface area contributed by atoms with Crippen LogP contribution in [0.2, 0.25) is 0 Å². The highest BCUT2D eigenvalue weighted by atomic mass is 32.2. The summed E-state index contributed by atoms with van der Waals surface area (Å²) < 4.78 is 2.00.